The van der Waals surface area contributed by atoms with Crippen LogP contribution in [-0.2, 0) is 14.8 Å². The van der Waals surface area contributed by atoms with E-state index in [1.165, 1.54) is 12.1 Å². The lowest BCUT2D eigenvalue weighted by Crippen LogP contribution is -2.48. The standard InChI is InChI=1S/C18H17F3N2O5S/c1-11-3-8-14-15(9-11)27-16(10-23(14)29(2,25)26)17(24)22-12-4-6-13(7-5-12)28-18(19,20)21/h3-9,16H,10H2,1-2H3,(H,22,24). The van der Waals surface area contributed by atoms with Crippen molar-refractivity contribution < 1.29 is 35.9 Å². The minimum absolute atomic E-state index is 0.203. The summed E-state index contributed by atoms with van der Waals surface area (Å²) in [5.74, 6) is -0.830. The number of amides is 1. The summed E-state index contributed by atoms with van der Waals surface area (Å²) >= 11 is 0. The number of nitrogens with zero attached hydrogens (tertiary/aromatic N) is 1. The highest BCUT2D eigenvalue weighted by Crippen LogP contribution is 2.36. The van der Waals surface area contributed by atoms with Crippen LogP contribution in [0.2, 0.25) is 0 Å². The maximum atomic E-state index is 12.6. The number of sulfonamides is 1. The summed E-state index contributed by atoms with van der Waals surface area (Å²) in [5, 5.41) is 2.50. The van der Waals surface area contributed by atoms with E-state index in [2.05, 4.69) is 10.1 Å². The van der Waals surface area contributed by atoms with Crippen molar-refractivity contribution in [3.05, 3.63) is 48.0 Å². The Balaban J connectivity index is 1.77. The van der Waals surface area contributed by atoms with E-state index >= 15 is 0 Å². The van der Waals surface area contributed by atoms with Crippen LogP contribution in [0.5, 0.6) is 11.5 Å². The maximum Gasteiger partial charge on any atom is 0.573 e. The molecule has 0 saturated heterocycles. The monoisotopic (exact) mass is 430 g/mol. The van der Waals surface area contributed by atoms with Crippen molar-refractivity contribution in [2.75, 3.05) is 22.4 Å². The van der Waals surface area contributed by atoms with E-state index in [1.54, 1.807) is 25.1 Å². The molecule has 0 bridgehead atoms. The molecule has 1 unspecified atom stereocenters. The van der Waals surface area contributed by atoms with Gasteiger partial charge in [0.05, 0.1) is 18.5 Å². The number of rotatable bonds is 4. The smallest absolute Gasteiger partial charge is 0.476 e. The van der Waals surface area contributed by atoms with Gasteiger partial charge in [-0.3, -0.25) is 9.10 Å². The van der Waals surface area contributed by atoms with E-state index in [-0.39, 0.29) is 18.0 Å². The summed E-state index contributed by atoms with van der Waals surface area (Å²) in [4.78, 5) is 12.6. The van der Waals surface area contributed by atoms with Crippen molar-refractivity contribution >= 4 is 27.3 Å². The van der Waals surface area contributed by atoms with Gasteiger partial charge < -0.3 is 14.8 Å². The molecule has 3 rings (SSSR count). The van der Waals surface area contributed by atoms with Crippen LogP contribution < -0.4 is 19.1 Å². The predicted octanol–water partition coefficient (Wildman–Crippen LogP) is 3.06. The third-order valence-corrected chi connectivity index (χ3v) is 5.18. The van der Waals surface area contributed by atoms with Crippen LogP contribution in [0.15, 0.2) is 42.5 Å². The number of halogens is 3. The normalized spacial score (nSPS) is 16.6. The molecule has 1 N–H and O–H groups in total. The topological polar surface area (TPSA) is 84.9 Å². The van der Waals surface area contributed by atoms with Crippen LogP contribution in [0.3, 0.4) is 0 Å². The van der Waals surface area contributed by atoms with Crippen LogP contribution >= 0.6 is 0 Å². The third kappa shape index (κ3) is 5.11. The summed E-state index contributed by atoms with van der Waals surface area (Å²) in [5.41, 5.74) is 1.35. The molecule has 2 aromatic carbocycles. The fourth-order valence-corrected chi connectivity index (χ4v) is 3.69. The van der Waals surface area contributed by atoms with Crippen molar-refractivity contribution in [2.45, 2.75) is 19.4 Å². The Morgan fingerprint density at radius 2 is 1.86 bits per heavy atom. The maximum absolute atomic E-state index is 12.6. The Bertz CT molecular complexity index is 1020. The molecule has 0 radical (unpaired) electrons. The van der Waals surface area contributed by atoms with Gasteiger partial charge in [0, 0.05) is 5.69 Å². The van der Waals surface area contributed by atoms with E-state index in [1.807, 2.05) is 0 Å². The summed E-state index contributed by atoms with van der Waals surface area (Å²) in [6.45, 7) is 1.55. The fourth-order valence-electron chi connectivity index (χ4n) is 2.77. The molecule has 1 atom stereocenters. The Morgan fingerprint density at radius 3 is 2.45 bits per heavy atom. The number of benzene rings is 2. The van der Waals surface area contributed by atoms with Crippen LogP contribution in [-0.4, -0.2) is 39.6 Å². The highest BCUT2D eigenvalue weighted by Gasteiger charge is 2.35. The zero-order valence-corrected chi connectivity index (χ0v) is 16.2. The number of hydrogen-bond donors (Lipinski definition) is 1. The van der Waals surface area contributed by atoms with E-state index in [0.29, 0.717) is 5.69 Å². The molecule has 1 amide bonds. The first kappa shape index (κ1) is 20.8. The highest BCUT2D eigenvalue weighted by molar-refractivity contribution is 7.92. The Hall–Kier alpha value is -2.95. The number of carbonyl (C=O) groups is 1. The van der Waals surface area contributed by atoms with Gasteiger partial charge in [-0.15, -0.1) is 13.2 Å². The van der Waals surface area contributed by atoms with Gasteiger partial charge in [0.2, 0.25) is 10.0 Å². The van der Waals surface area contributed by atoms with Crippen molar-refractivity contribution in [1.29, 1.82) is 0 Å². The lowest BCUT2D eigenvalue weighted by Gasteiger charge is -2.34. The van der Waals surface area contributed by atoms with Gasteiger partial charge in [-0.2, -0.15) is 0 Å². The SMILES string of the molecule is Cc1ccc2c(c1)OC(C(=O)Nc1ccc(OC(F)(F)F)cc1)CN2S(C)(=O)=O. The molecule has 0 fully saturated rings. The first-order valence-electron chi connectivity index (χ1n) is 8.34. The van der Waals surface area contributed by atoms with E-state index in [4.69, 9.17) is 4.74 Å². The molecule has 1 aliphatic rings. The predicted molar refractivity (Wildman–Crippen MR) is 99.5 cm³/mol. The zero-order chi connectivity index (χ0) is 21.4. The van der Waals surface area contributed by atoms with Gasteiger partial charge in [-0.25, -0.2) is 8.42 Å². The first-order chi connectivity index (χ1) is 13.4. The lowest BCUT2D eigenvalue weighted by molar-refractivity contribution is -0.274. The second kappa shape index (κ2) is 7.47. The van der Waals surface area contributed by atoms with Crippen molar-refractivity contribution in [3.8, 4) is 11.5 Å². The molecule has 1 aliphatic heterocycles. The number of nitrogens with one attached hydrogen (secondary N) is 1. The minimum Gasteiger partial charge on any atom is -0.476 e. The summed E-state index contributed by atoms with van der Waals surface area (Å²) in [7, 11) is -3.66. The molecule has 156 valence electrons. The number of alkyl halides is 3. The molecule has 2 aromatic rings. The van der Waals surface area contributed by atoms with Crippen LogP contribution in [0, 0.1) is 6.92 Å². The number of anilines is 2. The molecule has 7 nitrogen and oxygen atoms in total. The number of ether oxygens (including phenoxy) is 2. The van der Waals surface area contributed by atoms with Gasteiger partial charge in [0.1, 0.15) is 11.5 Å². The average Bonchev–Trinajstić information content (AvgIpc) is 2.60. The molecule has 1 heterocycles. The Kier molecular flexibility index (Phi) is 5.35. The van der Waals surface area contributed by atoms with Crippen molar-refractivity contribution in [1.82, 2.24) is 0 Å². The molecular formula is C18H17F3N2O5S. The quantitative estimate of drug-likeness (QED) is 0.806. The van der Waals surface area contributed by atoms with E-state index < -0.39 is 34.1 Å². The highest BCUT2D eigenvalue weighted by atomic mass is 32.2. The second-order valence-corrected chi connectivity index (χ2v) is 8.34. The number of fused-ring (bicyclic) bond motifs is 1. The molecule has 29 heavy (non-hydrogen) atoms. The Morgan fingerprint density at radius 1 is 1.21 bits per heavy atom. The molecule has 11 heteroatoms. The van der Waals surface area contributed by atoms with E-state index in [9.17, 15) is 26.4 Å². The summed E-state index contributed by atoms with van der Waals surface area (Å²) in [6, 6.07) is 9.50. The summed E-state index contributed by atoms with van der Waals surface area (Å²) < 4.78 is 71.5. The van der Waals surface area contributed by atoms with Crippen LogP contribution in [0.4, 0.5) is 24.5 Å². The van der Waals surface area contributed by atoms with Crippen molar-refractivity contribution in [2.24, 2.45) is 0 Å². The molecule has 0 aromatic heterocycles. The van der Waals surface area contributed by atoms with Gasteiger partial charge in [-0.05, 0) is 48.9 Å². The van der Waals surface area contributed by atoms with Gasteiger partial charge in [0.15, 0.2) is 6.10 Å². The third-order valence-electron chi connectivity index (χ3n) is 4.03. The fraction of sp³-hybridized carbons (Fsp3) is 0.278. The molecule has 0 spiro atoms. The molecular weight excluding hydrogens is 413 g/mol. The number of carbonyl (C=O) groups excluding carboxylic acids is 1. The summed E-state index contributed by atoms with van der Waals surface area (Å²) in [6.07, 6.45) is -4.94. The van der Waals surface area contributed by atoms with E-state index in [0.717, 1.165) is 28.3 Å². The largest absolute Gasteiger partial charge is 0.573 e. The van der Waals surface area contributed by atoms with Crippen LogP contribution in [0.25, 0.3) is 0 Å². The molecule has 0 saturated carbocycles. The number of aryl methyl sites for hydroxylation is 1. The Labute approximate surface area is 165 Å². The van der Waals surface area contributed by atoms with Crippen molar-refractivity contribution in [3.63, 3.8) is 0 Å². The van der Waals surface area contributed by atoms with Gasteiger partial charge in [-0.1, -0.05) is 6.07 Å². The second-order valence-electron chi connectivity index (χ2n) is 6.43. The number of hydrogen-bond acceptors (Lipinski definition) is 5. The van der Waals surface area contributed by atoms with Gasteiger partial charge >= 0.3 is 6.36 Å². The van der Waals surface area contributed by atoms with Gasteiger partial charge in [0.25, 0.3) is 5.91 Å². The first-order valence-corrected chi connectivity index (χ1v) is 10.2. The van der Waals surface area contributed by atoms with Crippen LogP contribution in [0.1, 0.15) is 5.56 Å². The molecule has 0 aliphatic carbocycles. The minimum atomic E-state index is -4.82. The average molecular weight is 430 g/mol. The lowest BCUT2D eigenvalue weighted by atomic mass is 10.1. The zero-order valence-electron chi connectivity index (χ0n) is 15.4.